The molecule has 2 fully saturated rings. The maximum absolute atomic E-state index is 12.4. The molecule has 3 nitrogen and oxygen atoms in total. The maximum atomic E-state index is 12.4. The normalized spacial score (nSPS) is 28.8. The van der Waals surface area contributed by atoms with Gasteiger partial charge in [-0.3, -0.25) is 4.79 Å². The monoisotopic (exact) mass is 272 g/mol. The molecule has 0 aromatic heterocycles. The highest BCUT2D eigenvalue weighted by atomic mass is 16.2. The zero-order chi connectivity index (χ0) is 14.1. The van der Waals surface area contributed by atoms with Crippen LogP contribution in [0.4, 0.5) is 5.69 Å². The highest BCUT2D eigenvalue weighted by Crippen LogP contribution is 2.57. The van der Waals surface area contributed by atoms with E-state index in [-0.39, 0.29) is 17.9 Å². The predicted octanol–water partition coefficient (Wildman–Crippen LogP) is 3.34. The quantitative estimate of drug-likeness (QED) is 0.863. The summed E-state index contributed by atoms with van der Waals surface area (Å²) in [6.07, 6.45) is 3.81. The minimum atomic E-state index is 0.232. The molecule has 0 bridgehead atoms. The first-order chi connectivity index (χ1) is 9.72. The van der Waals surface area contributed by atoms with Gasteiger partial charge in [0.2, 0.25) is 5.91 Å². The third kappa shape index (κ3) is 2.47. The fourth-order valence-corrected chi connectivity index (χ4v) is 3.83. The summed E-state index contributed by atoms with van der Waals surface area (Å²) in [4.78, 5) is 12.4. The van der Waals surface area contributed by atoms with Gasteiger partial charge >= 0.3 is 0 Å². The molecule has 1 amide bonds. The lowest BCUT2D eigenvalue weighted by molar-refractivity contribution is -0.118. The third-order valence-electron chi connectivity index (χ3n) is 4.90. The van der Waals surface area contributed by atoms with Crippen molar-refractivity contribution in [2.75, 3.05) is 11.9 Å². The summed E-state index contributed by atoms with van der Waals surface area (Å²) in [5.41, 5.74) is 2.14. The molecular weight excluding hydrogens is 248 g/mol. The van der Waals surface area contributed by atoms with Crippen LogP contribution < -0.4 is 10.6 Å². The van der Waals surface area contributed by atoms with Crippen LogP contribution in [0.25, 0.3) is 0 Å². The number of anilines is 1. The molecule has 2 N–H and O–H groups in total. The Morgan fingerprint density at radius 1 is 1.30 bits per heavy atom. The number of hydrogen-bond donors (Lipinski definition) is 2. The highest BCUT2D eigenvalue weighted by molar-refractivity contribution is 5.95. The maximum Gasteiger partial charge on any atom is 0.228 e. The molecule has 3 rings (SSSR count). The number of carbonyl (C=O) groups excluding carboxylic acids is 1. The largest absolute Gasteiger partial charge is 0.326 e. The van der Waals surface area contributed by atoms with Gasteiger partial charge < -0.3 is 10.6 Å². The lowest BCUT2D eigenvalue weighted by atomic mass is 10.1. The SMILES string of the molecule is CCNC(C)c1ccccc1NC(=O)C1C2CCCC21. The van der Waals surface area contributed by atoms with E-state index in [0.717, 1.165) is 12.2 Å². The molecule has 0 radical (unpaired) electrons. The van der Waals surface area contributed by atoms with Crippen molar-refractivity contribution in [2.24, 2.45) is 17.8 Å². The van der Waals surface area contributed by atoms with Crippen LogP contribution in [-0.2, 0) is 4.79 Å². The molecule has 2 saturated carbocycles. The van der Waals surface area contributed by atoms with E-state index in [4.69, 9.17) is 0 Å². The van der Waals surface area contributed by atoms with Crippen LogP contribution in [0, 0.1) is 17.8 Å². The van der Waals surface area contributed by atoms with E-state index in [2.05, 4.69) is 30.5 Å². The number of hydrogen-bond acceptors (Lipinski definition) is 2. The molecule has 0 saturated heterocycles. The molecule has 2 aliphatic rings. The summed E-state index contributed by atoms with van der Waals surface area (Å²) < 4.78 is 0. The van der Waals surface area contributed by atoms with Crippen molar-refractivity contribution in [1.29, 1.82) is 0 Å². The molecule has 3 atom stereocenters. The van der Waals surface area contributed by atoms with Gasteiger partial charge in [0.25, 0.3) is 0 Å². The number of nitrogens with one attached hydrogen (secondary N) is 2. The molecular formula is C17H24N2O. The second kappa shape index (κ2) is 5.57. The van der Waals surface area contributed by atoms with Gasteiger partial charge in [-0.2, -0.15) is 0 Å². The molecule has 0 spiro atoms. The van der Waals surface area contributed by atoms with Crippen LogP contribution in [0.15, 0.2) is 24.3 Å². The lowest BCUT2D eigenvalue weighted by Crippen LogP contribution is -2.22. The Bertz CT molecular complexity index is 490. The fourth-order valence-electron chi connectivity index (χ4n) is 3.83. The van der Waals surface area contributed by atoms with Crippen molar-refractivity contribution in [3.63, 3.8) is 0 Å². The minimum Gasteiger partial charge on any atom is -0.326 e. The Hall–Kier alpha value is -1.35. The van der Waals surface area contributed by atoms with Crippen molar-refractivity contribution < 1.29 is 4.79 Å². The Kier molecular flexibility index (Phi) is 3.79. The van der Waals surface area contributed by atoms with Crippen LogP contribution >= 0.6 is 0 Å². The lowest BCUT2D eigenvalue weighted by Gasteiger charge is -2.18. The first kappa shape index (κ1) is 13.6. The summed E-state index contributed by atoms with van der Waals surface area (Å²) >= 11 is 0. The van der Waals surface area contributed by atoms with Crippen molar-refractivity contribution in [3.8, 4) is 0 Å². The van der Waals surface area contributed by atoms with E-state index < -0.39 is 0 Å². The van der Waals surface area contributed by atoms with Gasteiger partial charge in [-0.05, 0) is 49.8 Å². The fraction of sp³-hybridized carbons (Fsp3) is 0.588. The molecule has 2 aliphatic carbocycles. The van der Waals surface area contributed by atoms with E-state index in [9.17, 15) is 4.79 Å². The first-order valence-electron chi connectivity index (χ1n) is 7.85. The zero-order valence-electron chi connectivity index (χ0n) is 12.4. The number of para-hydroxylation sites is 1. The van der Waals surface area contributed by atoms with E-state index in [1.165, 1.54) is 24.8 Å². The molecule has 1 aromatic rings. The van der Waals surface area contributed by atoms with Gasteiger partial charge in [0, 0.05) is 17.6 Å². The van der Waals surface area contributed by atoms with Crippen LogP contribution in [0.2, 0.25) is 0 Å². The Morgan fingerprint density at radius 3 is 2.70 bits per heavy atom. The minimum absolute atomic E-state index is 0.232. The Balaban J connectivity index is 1.69. The second-order valence-electron chi connectivity index (χ2n) is 6.14. The average molecular weight is 272 g/mol. The van der Waals surface area contributed by atoms with Gasteiger partial charge in [0.05, 0.1) is 0 Å². The van der Waals surface area contributed by atoms with Crippen molar-refractivity contribution >= 4 is 11.6 Å². The van der Waals surface area contributed by atoms with Crippen molar-refractivity contribution in [1.82, 2.24) is 5.32 Å². The van der Waals surface area contributed by atoms with Gasteiger partial charge in [-0.25, -0.2) is 0 Å². The molecule has 1 aromatic carbocycles. The molecule has 3 unspecified atom stereocenters. The van der Waals surface area contributed by atoms with E-state index >= 15 is 0 Å². The van der Waals surface area contributed by atoms with Crippen LogP contribution in [-0.4, -0.2) is 12.5 Å². The number of rotatable bonds is 5. The summed E-state index contributed by atoms with van der Waals surface area (Å²) in [5.74, 6) is 1.86. The number of amides is 1. The van der Waals surface area contributed by atoms with E-state index in [1.807, 2.05) is 18.2 Å². The van der Waals surface area contributed by atoms with Crippen molar-refractivity contribution in [3.05, 3.63) is 29.8 Å². The van der Waals surface area contributed by atoms with Crippen LogP contribution in [0.3, 0.4) is 0 Å². The smallest absolute Gasteiger partial charge is 0.228 e. The molecule has 3 heteroatoms. The second-order valence-corrected chi connectivity index (χ2v) is 6.14. The number of fused-ring (bicyclic) bond motifs is 1. The number of benzene rings is 1. The molecule has 108 valence electrons. The highest BCUT2D eigenvalue weighted by Gasteiger charge is 2.56. The zero-order valence-corrected chi connectivity index (χ0v) is 12.4. The van der Waals surface area contributed by atoms with Gasteiger partial charge in [0.15, 0.2) is 0 Å². The Labute approximate surface area is 121 Å². The first-order valence-corrected chi connectivity index (χ1v) is 7.85. The topological polar surface area (TPSA) is 41.1 Å². The number of carbonyl (C=O) groups is 1. The summed E-state index contributed by atoms with van der Waals surface area (Å²) in [5, 5.41) is 6.57. The van der Waals surface area contributed by atoms with E-state index in [1.54, 1.807) is 0 Å². The van der Waals surface area contributed by atoms with Crippen LogP contribution in [0.1, 0.15) is 44.7 Å². The molecule has 0 aliphatic heterocycles. The average Bonchev–Trinajstić information content (AvgIpc) is 2.93. The van der Waals surface area contributed by atoms with Gasteiger partial charge in [0.1, 0.15) is 0 Å². The standard InChI is InChI=1S/C17H24N2O/c1-3-18-11(2)12-7-4-5-10-15(12)19-17(20)16-13-8-6-9-14(13)16/h4-5,7,10-11,13-14,16,18H,3,6,8-9H2,1-2H3,(H,19,20). The van der Waals surface area contributed by atoms with Crippen molar-refractivity contribution in [2.45, 2.75) is 39.2 Å². The van der Waals surface area contributed by atoms with Gasteiger partial charge in [-0.1, -0.05) is 31.5 Å². The van der Waals surface area contributed by atoms with Crippen LogP contribution in [0.5, 0.6) is 0 Å². The molecule has 20 heavy (non-hydrogen) atoms. The van der Waals surface area contributed by atoms with Gasteiger partial charge in [-0.15, -0.1) is 0 Å². The van der Waals surface area contributed by atoms with E-state index in [0.29, 0.717) is 11.8 Å². The summed E-state index contributed by atoms with van der Waals surface area (Å²) in [7, 11) is 0. The summed E-state index contributed by atoms with van der Waals surface area (Å²) in [6.45, 7) is 5.17. The third-order valence-corrected chi connectivity index (χ3v) is 4.90. The predicted molar refractivity (Wildman–Crippen MR) is 81.5 cm³/mol. The molecule has 0 heterocycles. The Morgan fingerprint density at radius 2 is 2.00 bits per heavy atom. The summed E-state index contributed by atoms with van der Waals surface area (Å²) in [6, 6.07) is 8.39.